The first-order valence-corrected chi connectivity index (χ1v) is 7.71. The average Bonchev–Trinajstić information content (AvgIpc) is 2.51. The minimum atomic E-state index is -3.95. The third kappa shape index (κ3) is 3.67. The first-order valence-electron chi connectivity index (χ1n) is 6.30. The molecule has 0 aromatic heterocycles. The van der Waals surface area contributed by atoms with Crippen molar-refractivity contribution in [1.82, 2.24) is 5.32 Å². The lowest BCUT2D eigenvalue weighted by Crippen LogP contribution is -2.25. The highest BCUT2D eigenvalue weighted by molar-refractivity contribution is 7.87. The molecule has 4 N–H and O–H groups in total. The van der Waals surface area contributed by atoms with E-state index in [-0.39, 0.29) is 22.0 Å². The van der Waals surface area contributed by atoms with Crippen LogP contribution in [0.15, 0.2) is 53.4 Å². The average molecular weight is 321 g/mol. The Kier molecular flexibility index (Phi) is 4.52. The molecule has 0 saturated carbocycles. The van der Waals surface area contributed by atoms with Gasteiger partial charge in [-0.15, -0.1) is 0 Å². The summed E-state index contributed by atoms with van der Waals surface area (Å²) in [5, 5.41) is 4.85. The van der Waals surface area contributed by atoms with Crippen molar-refractivity contribution in [1.29, 1.82) is 0 Å². The van der Waals surface area contributed by atoms with Crippen molar-refractivity contribution in [3.63, 3.8) is 0 Å². The molecule has 0 spiro atoms. The number of anilines is 2. The van der Waals surface area contributed by atoms with Crippen LogP contribution in [0, 0.1) is 0 Å². The van der Waals surface area contributed by atoms with Gasteiger partial charge in [-0.05, 0) is 24.3 Å². The van der Waals surface area contributed by atoms with E-state index in [9.17, 15) is 13.2 Å². The Morgan fingerprint density at radius 2 is 1.82 bits per heavy atom. The Hall–Kier alpha value is -2.74. The van der Waals surface area contributed by atoms with Crippen molar-refractivity contribution < 1.29 is 17.4 Å². The van der Waals surface area contributed by atoms with Gasteiger partial charge in [0.05, 0.1) is 11.4 Å². The summed E-state index contributed by atoms with van der Waals surface area (Å²) in [5.74, 6) is 0.0458. The van der Waals surface area contributed by atoms with Gasteiger partial charge in [0.2, 0.25) is 0 Å². The van der Waals surface area contributed by atoms with Gasteiger partial charge < -0.3 is 20.6 Å². The van der Waals surface area contributed by atoms with Gasteiger partial charge in [-0.25, -0.2) is 4.79 Å². The molecule has 0 saturated heterocycles. The van der Waals surface area contributed by atoms with Crippen molar-refractivity contribution in [2.75, 3.05) is 18.1 Å². The molecule has 2 rings (SSSR count). The summed E-state index contributed by atoms with van der Waals surface area (Å²) in [6.45, 7) is 0. The lowest BCUT2D eigenvalue weighted by Gasteiger charge is -2.11. The van der Waals surface area contributed by atoms with Gasteiger partial charge in [-0.1, -0.05) is 18.2 Å². The molecule has 0 atom stereocenters. The molecule has 116 valence electrons. The smallest absolute Gasteiger partial charge is 0.339 e. The monoisotopic (exact) mass is 321 g/mol. The summed E-state index contributed by atoms with van der Waals surface area (Å²) in [6, 6.07) is 11.5. The van der Waals surface area contributed by atoms with Gasteiger partial charge in [0, 0.05) is 13.1 Å². The first kappa shape index (κ1) is 15.6. The van der Waals surface area contributed by atoms with E-state index in [0.29, 0.717) is 0 Å². The van der Waals surface area contributed by atoms with Crippen LogP contribution in [0.25, 0.3) is 0 Å². The fraction of sp³-hybridized carbons (Fsp3) is 0.0714. The molecule has 22 heavy (non-hydrogen) atoms. The van der Waals surface area contributed by atoms with Crippen molar-refractivity contribution >= 4 is 27.5 Å². The predicted molar refractivity (Wildman–Crippen MR) is 83.2 cm³/mol. The summed E-state index contributed by atoms with van der Waals surface area (Å²) in [5.41, 5.74) is 6.26. The number of rotatable bonds is 4. The van der Waals surface area contributed by atoms with Gasteiger partial charge in [0.25, 0.3) is 0 Å². The maximum absolute atomic E-state index is 12.1. The number of hydrogen-bond acceptors (Lipinski definition) is 5. The molecule has 0 radical (unpaired) electrons. The molecule has 2 aromatic carbocycles. The zero-order valence-corrected chi connectivity index (χ0v) is 12.6. The zero-order chi connectivity index (χ0) is 16.2. The second-order valence-electron chi connectivity index (χ2n) is 4.30. The molecule has 0 aliphatic rings. The molecular weight excluding hydrogens is 306 g/mol. The van der Waals surface area contributed by atoms with Crippen LogP contribution in [-0.4, -0.2) is 21.5 Å². The number of nitrogens with two attached hydrogens (primary N) is 1. The molecule has 0 heterocycles. The van der Waals surface area contributed by atoms with E-state index < -0.39 is 16.1 Å². The zero-order valence-electron chi connectivity index (χ0n) is 11.7. The van der Waals surface area contributed by atoms with E-state index in [1.54, 1.807) is 18.2 Å². The summed E-state index contributed by atoms with van der Waals surface area (Å²) >= 11 is 0. The molecule has 2 aromatic rings. The highest BCUT2D eigenvalue weighted by Crippen LogP contribution is 2.26. The maximum atomic E-state index is 12.1. The highest BCUT2D eigenvalue weighted by Gasteiger charge is 2.17. The second kappa shape index (κ2) is 6.35. The third-order valence-electron chi connectivity index (χ3n) is 2.74. The van der Waals surface area contributed by atoms with Gasteiger partial charge in [0.15, 0.2) is 0 Å². The van der Waals surface area contributed by atoms with Crippen LogP contribution in [-0.2, 0) is 10.1 Å². The molecule has 8 heteroatoms. The number of amides is 2. The topological polar surface area (TPSA) is 111 Å². The fourth-order valence-electron chi connectivity index (χ4n) is 1.64. The number of carbonyl (C=O) groups is 1. The summed E-state index contributed by atoms with van der Waals surface area (Å²) in [7, 11) is -2.50. The minimum absolute atomic E-state index is 0.0348. The van der Waals surface area contributed by atoms with Crippen LogP contribution in [0.3, 0.4) is 0 Å². The van der Waals surface area contributed by atoms with E-state index in [1.807, 2.05) is 0 Å². The van der Waals surface area contributed by atoms with Gasteiger partial charge in [0.1, 0.15) is 10.6 Å². The lowest BCUT2D eigenvalue weighted by atomic mass is 10.2. The lowest BCUT2D eigenvalue weighted by molar-refractivity contribution is 0.254. The largest absolute Gasteiger partial charge is 0.397 e. The normalized spacial score (nSPS) is 10.8. The summed E-state index contributed by atoms with van der Waals surface area (Å²) in [4.78, 5) is 11.3. The SMILES string of the molecule is CNC(=O)Nc1cc(OS(=O)(=O)c2ccccc2)ccc1N. The quantitative estimate of drug-likeness (QED) is 0.587. The van der Waals surface area contributed by atoms with E-state index in [4.69, 9.17) is 9.92 Å². The number of nitrogens with one attached hydrogen (secondary N) is 2. The molecule has 0 aliphatic carbocycles. The highest BCUT2D eigenvalue weighted by atomic mass is 32.2. The third-order valence-corrected chi connectivity index (χ3v) is 4.00. The first-order chi connectivity index (χ1) is 10.4. The van der Waals surface area contributed by atoms with Crippen molar-refractivity contribution in [2.45, 2.75) is 4.90 Å². The standard InChI is InChI=1S/C14H15N3O4S/c1-16-14(18)17-13-9-10(7-8-12(13)15)21-22(19,20)11-5-3-2-4-6-11/h2-9H,15H2,1H3,(H2,16,17,18). The number of nitrogen functional groups attached to an aromatic ring is 1. The van der Waals surface area contributed by atoms with Crippen molar-refractivity contribution in [3.8, 4) is 5.75 Å². The number of benzene rings is 2. The van der Waals surface area contributed by atoms with E-state index >= 15 is 0 Å². The van der Waals surface area contributed by atoms with E-state index in [2.05, 4.69) is 10.6 Å². The Bertz CT molecular complexity index is 776. The predicted octanol–water partition coefficient (Wildman–Crippen LogP) is 1.79. The Morgan fingerprint density at radius 1 is 1.14 bits per heavy atom. The van der Waals surface area contributed by atoms with E-state index in [0.717, 1.165) is 0 Å². The van der Waals surface area contributed by atoms with Crippen molar-refractivity contribution in [2.24, 2.45) is 0 Å². The number of urea groups is 1. The van der Waals surface area contributed by atoms with Crippen LogP contribution in [0.1, 0.15) is 0 Å². The van der Waals surface area contributed by atoms with Crippen LogP contribution in [0.4, 0.5) is 16.2 Å². The molecular formula is C14H15N3O4S. The molecule has 0 fully saturated rings. The van der Waals surface area contributed by atoms with Gasteiger partial charge in [-0.2, -0.15) is 8.42 Å². The number of hydrogen-bond donors (Lipinski definition) is 3. The summed E-state index contributed by atoms with van der Waals surface area (Å²) in [6.07, 6.45) is 0. The molecule has 2 amide bonds. The molecule has 0 unspecified atom stereocenters. The van der Waals surface area contributed by atoms with Crippen LogP contribution in [0.2, 0.25) is 0 Å². The van der Waals surface area contributed by atoms with Gasteiger partial charge in [-0.3, -0.25) is 0 Å². The Balaban J connectivity index is 2.27. The van der Waals surface area contributed by atoms with E-state index in [1.165, 1.54) is 37.4 Å². The fourth-order valence-corrected chi connectivity index (χ4v) is 2.59. The molecule has 0 aliphatic heterocycles. The minimum Gasteiger partial charge on any atom is -0.397 e. The Morgan fingerprint density at radius 3 is 2.45 bits per heavy atom. The van der Waals surface area contributed by atoms with Crippen LogP contribution >= 0.6 is 0 Å². The molecule has 0 bridgehead atoms. The molecule has 7 nitrogen and oxygen atoms in total. The number of carbonyl (C=O) groups excluding carboxylic acids is 1. The maximum Gasteiger partial charge on any atom is 0.339 e. The van der Waals surface area contributed by atoms with Gasteiger partial charge >= 0.3 is 16.1 Å². The summed E-state index contributed by atoms with van der Waals surface area (Å²) < 4.78 is 29.3. The van der Waals surface area contributed by atoms with Crippen LogP contribution < -0.4 is 20.6 Å². The Labute approximate surface area is 128 Å². The van der Waals surface area contributed by atoms with Crippen LogP contribution in [0.5, 0.6) is 5.75 Å². The van der Waals surface area contributed by atoms with Crippen molar-refractivity contribution in [3.05, 3.63) is 48.5 Å². The second-order valence-corrected chi connectivity index (χ2v) is 5.85.